The number of hydrogen-bond acceptors (Lipinski definition) is 0. The van der Waals surface area contributed by atoms with Gasteiger partial charge in [-0.1, -0.05) is 41.6 Å². The van der Waals surface area contributed by atoms with E-state index < -0.39 is 0 Å². The molecule has 2 rings (SSSR count). The van der Waals surface area contributed by atoms with E-state index in [1.54, 1.807) is 0 Å². The average Bonchev–Trinajstić information content (AvgIpc) is 2.12. The van der Waals surface area contributed by atoms with Gasteiger partial charge < -0.3 is 0 Å². The molecule has 0 saturated heterocycles. The van der Waals surface area contributed by atoms with Gasteiger partial charge in [-0.2, -0.15) is 0 Å². The number of aryl methyl sites for hydroxylation is 1. The Hall–Kier alpha value is -1.08. The Morgan fingerprint density at radius 2 is 1.58 bits per heavy atom. The fourth-order valence-electron chi connectivity index (χ4n) is 1.51. The van der Waals surface area contributed by atoms with Gasteiger partial charge in [0, 0.05) is 10.2 Å². The third kappa shape index (κ3) is 1.06. The van der Waals surface area contributed by atoms with Crippen LogP contribution < -0.4 is 5.19 Å². The second kappa shape index (κ2) is 2.76. The first kappa shape index (κ1) is 7.56. The molecule has 0 bridgehead atoms. The Morgan fingerprint density at radius 1 is 0.917 bits per heavy atom. The van der Waals surface area contributed by atoms with Crippen molar-refractivity contribution in [3.8, 4) is 0 Å². The summed E-state index contributed by atoms with van der Waals surface area (Å²) in [5.74, 6) is 0. The summed E-state index contributed by atoms with van der Waals surface area (Å²) in [4.78, 5) is 0. The highest BCUT2D eigenvalue weighted by Crippen LogP contribution is 2.14. The molecule has 0 aliphatic carbocycles. The van der Waals surface area contributed by atoms with E-state index in [-0.39, 0.29) is 0 Å². The van der Waals surface area contributed by atoms with Crippen molar-refractivity contribution < 1.29 is 0 Å². The minimum Gasteiger partial charge on any atom is -0.0631 e. The highest BCUT2D eigenvalue weighted by molar-refractivity contribution is 6.38. The van der Waals surface area contributed by atoms with Crippen molar-refractivity contribution >= 4 is 26.2 Å². The maximum absolute atomic E-state index is 2.19. The monoisotopic (exact) mass is 171 g/mol. The molecule has 0 nitrogen and oxygen atoms in total. The quantitative estimate of drug-likeness (QED) is 0.526. The Labute approximate surface area is 75.6 Å². The van der Waals surface area contributed by atoms with Gasteiger partial charge >= 0.3 is 0 Å². The highest BCUT2D eigenvalue weighted by atomic mass is 28.1. The van der Waals surface area contributed by atoms with Crippen molar-refractivity contribution in [1.82, 2.24) is 0 Å². The van der Waals surface area contributed by atoms with Crippen LogP contribution in [0.1, 0.15) is 5.56 Å². The molecule has 2 aromatic carbocycles. The van der Waals surface area contributed by atoms with Crippen molar-refractivity contribution in [2.75, 3.05) is 0 Å². The molecule has 0 aromatic heterocycles. The van der Waals surface area contributed by atoms with E-state index in [1.165, 1.54) is 21.5 Å². The first-order valence-electron chi connectivity index (χ1n) is 4.09. The van der Waals surface area contributed by atoms with Crippen molar-refractivity contribution in [3.05, 3.63) is 42.0 Å². The summed E-state index contributed by atoms with van der Waals surface area (Å²) in [6, 6.07) is 12.9. The van der Waals surface area contributed by atoms with Gasteiger partial charge in [0.2, 0.25) is 0 Å². The minimum absolute atomic E-state index is 1.36. The van der Waals surface area contributed by atoms with Crippen molar-refractivity contribution in [3.63, 3.8) is 0 Å². The second-order valence-electron chi connectivity index (χ2n) is 3.09. The van der Waals surface area contributed by atoms with Gasteiger partial charge in [-0.15, -0.1) is 0 Å². The smallest absolute Gasteiger partial charge is 0.0485 e. The van der Waals surface area contributed by atoms with Crippen LogP contribution in [0.3, 0.4) is 0 Å². The first-order chi connectivity index (χ1) is 5.79. The van der Waals surface area contributed by atoms with Gasteiger partial charge in [-0.05, 0) is 23.3 Å². The molecule has 0 aliphatic rings. The predicted octanol–water partition coefficient (Wildman–Crippen LogP) is 1.41. The van der Waals surface area contributed by atoms with Crippen LogP contribution in [-0.4, -0.2) is 10.2 Å². The summed E-state index contributed by atoms with van der Waals surface area (Å²) in [6.45, 7) is 2.16. The number of hydrogen-bond donors (Lipinski definition) is 0. The van der Waals surface area contributed by atoms with E-state index in [1.807, 2.05) is 10.2 Å². The highest BCUT2D eigenvalue weighted by Gasteiger charge is 1.97. The van der Waals surface area contributed by atoms with Gasteiger partial charge in [0.1, 0.15) is 0 Å². The molecular weight excluding hydrogens is 160 g/mol. The summed E-state index contributed by atoms with van der Waals surface area (Å²) in [5.41, 5.74) is 1.36. The van der Waals surface area contributed by atoms with E-state index in [0.29, 0.717) is 0 Å². The molecule has 0 N–H and O–H groups in total. The summed E-state index contributed by atoms with van der Waals surface area (Å²) in [6.07, 6.45) is 0. The standard InChI is InChI=1S/C11H11Si/c1-8-6-7-11(12)10-5-3-2-4-9(8)10/h2-7H,12H2,1H3. The molecule has 0 spiro atoms. The zero-order valence-electron chi connectivity index (χ0n) is 7.17. The fourth-order valence-corrected chi connectivity index (χ4v) is 1.94. The second-order valence-corrected chi connectivity index (χ2v) is 3.85. The van der Waals surface area contributed by atoms with Gasteiger partial charge in [-0.25, -0.2) is 0 Å². The van der Waals surface area contributed by atoms with Gasteiger partial charge in [0.15, 0.2) is 0 Å². The summed E-state index contributed by atoms with van der Waals surface area (Å²) >= 11 is 0. The van der Waals surface area contributed by atoms with E-state index >= 15 is 0 Å². The Morgan fingerprint density at radius 3 is 2.25 bits per heavy atom. The largest absolute Gasteiger partial charge is 0.0631 e. The van der Waals surface area contributed by atoms with Gasteiger partial charge in [0.25, 0.3) is 0 Å². The molecule has 0 unspecified atom stereocenters. The molecule has 2 aromatic rings. The summed E-state index contributed by atoms with van der Waals surface area (Å²) in [7, 11) is 1.95. The number of fused-ring (bicyclic) bond motifs is 1. The molecule has 0 atom stereocenters. The molecular formula is C11H11Si. The van der Waals surface area contributed by atoms with Crippen LogP contribution in [0.4, 0.5) is 0 Å². The van der Waals surface area contributed by atoms with E-state index in [2.05, 4.69) is 43.3 Å². The van der Waals surface area contributed by atoms with Crippen LogP contribution in [0.25, 0.3) is 10.8 Å². The first-order valence-corrected chi connectivity index (χ1v) is 4.80. The molecule has 1 heteroatoms. The maximum atomic E-state index is 2.19. The lowest BCUT2D eigenvalue weighted by atomic mass is 10.1. The molecule has 1 radical (unpaired) electrons. The minimum atomic E-state index is 1.36. The van der Waals surface area contributed by atoms with Crippen molar-refractivity contribution in [1.29, 1.82) is 0 Å². The molecule has 12 heavy (non-hydrogen) atoms. The number of benzene rings is 2. The van der Waals surface area contributed by atoms with Crippen LogP contribution >= 0.6 is 0 Å². The predicted molar refractivity (Wildman–Crippen MR) is 56.9 cm³/mol. The lowest BCUT2D eigenvalue weighted by Gasteiger charge is -2.03. The van der Waals surface area contributed by atoms with Crippen molar-refractivity contribution in [2.24, 2.45) is 0 Å². The summed E-state index contributed by atoms with van der Waals surface area (Å²) in [5, 5.41) is 4.15. The molecule has 0 amide bonds. The third-order valence-electron chi connectivity index (χ3n) is 2.23. The van der Waals surface area contributed by atoms with Crippen LogP contribution in [0.2, 0.25) is 0 Å². The lowest BCUT2D eigenvalue weighted by Crippen LogP contribution is -2.03. The zero-order valence-corrected chi connectivity index (χ0v) is 8.59. The van der Waals surface area contributed by atoms with Crippen LogP contribution in [0, 0.1) is 6.92 Å². The zero-order chi connectivity index (χ0) is 8.55. The van der Waals surface area contributed by atoms with Gasteiger partial charge in [-0.3, -0.25) is 0 Å². The van der Waals surface area contributed by atoms with E-state index in [9.17, 15) is 0 Å². The molecule has 0 fully saturated rings. The Bertz CT molecular complexity index is 378. The van der Waals surface area contributed by atoms with E-state index in [4.69, 9.17) is 0 Å². The molecule has 59 valence electrons. The molecule has 0 heterocycles. The molecule has 0 aliphatic heterocycles. The van der Waals surface area contributed by atoms with Crippen LogP contribution in [0.5, 0.6) is 0 Å². The average molecular weight is 171 g/mol. The van der Waals surface area contributed by atoms with E-state index in [0.717, 1.165) is 0 Å². The maximum Gasteiger partial charge on any atom is 0.0485 e. The lowest BCUT2D eigenvalue weighted by molar-refractivity contribution is 1.54. The van der Waals surface area contributed by atoms with Crippen LogP contribution in [0.15, 0.2) is 36.4 Å². The fraction of sp³-hybridized carbons (Fsp3) is 0.0909. The topological polar surface area (TPSA) is 0 Å². The van der Waals surface area contributed by atoms with Crippen molar-refractivity contribution in [2.45, 2.75) is 6.92 Å². The van der Waals surface area contributed by atoms with Gasteiger partial charge in [0.05, 0.1) is 0 Å². The normalized spacial score (nSPS) is 10.5. The van der Waals surface area contributed by atoms with Crippen LogP contribution in [-0.2, 0) is 0 Å². The third-order valence-corrected chi connectivity index (χ3v) is 2.85. The Kier molecular flexibility index (Phi) is 1.74. The summed E-state index contributed by atoms with van der Waals surface area (Å²) < 4.78 is 0. The molecule has 0 saturated carbocycles. The SMILES string of the molecule is Cc1ccc([SiH2])c2ccccc12. The Balaban J connectivity index is 2.95. The number of rotatable bonds is 0.